The fraction of sp³-hybridized carbons (Fsp3) is 0.583. The van der Waals surface area contributed by atoms with Gasteiger partial charge in [-0.25, -0.2) is 0 Å². The molecule has 1 saturated carbocycles. The van der Waals surface area contributed by atoms with E-state index in [4.69, 9.17) is 4.74 Å². The van der Waals surface area contributed by atoms with Gasteiger partial charge >= 0.3 is 5.97 Å². The third-order valence-corrected chi connectivity index (χ3v) is 7.55. The minimum atomic E-state index is -0.620. The van der Waals surface area contributed by atoms with Gasteiger partial charge in [-0.2, -0.15) is 11.8 Å². The number of hydrogen-bond acceptors (Lipinski definition) is 7. The maximum absolute atomic E-state index is 12.5. The van der Waals surface area contributed by atoms with Crippen molar-refractivity contribution in [2.75, 3.05) is 23.9 Å². The molecule has 0 spiro atoms. The molecule has 1 aromatic carbocycles. The molecule has 4 atom stereocenters. The van der Waals surface area contributed by atoms with Gasteiger partial charge in [0.1, 0.15) is 5.78 Å². The van der Waals surface area contributed by atoms with Crippen LogP contribution in [0.25, 0.3) is 0 Å². The SMILES string of the molecule is CC(C)OC(=O)CSCCCS[C@H]1C(=O)C[C@@H](CO)[C@@H]1/C=C/C(O)Cc1ccccc1. The summed E-state index contributed by atoms with van der Waals surface area (Å²) >= 11 is 3.17. The van der Waals surface area contributed by atoms with Crippen molar-refractivity contribution in [3.8, 4) is 0 Å². The van der Waals surface area contributed by atoms with E-state index in [1.165, 1.54) is 0 Å². The summed E-state index contributed by atoms with van der Waals surface area (Å²) in [5.74, 6) is 1.82. The first-order valence-corrected chi connectivity index (χ1v) is 13.0. The van der Waals surface area contributed by atoms with Crippen LogP contribution >= 0.6 is 23.5 Å². The van der Waals surface area contributed by atoms with E-state index in [0.717, 1.165) is 23.5 Å². The molecule has 1 fully saturated rings. The first-order valence-electron chi connectivity index (χ1n) is 10.8. The van der Waals surface area contributed by atoms with Crippen LogP contribution in [-0.4, -0.2) is 63.3 Å². The molecule has 0 heterocycles. The maximum Gasteiger partial charge on any atom is 0.316 e. The predicted molar refractivity (Wildman–Crippen MR) is 128 cm³/mol. The van der Waals surface area contributed by atoms with Crippen molar-refractivity contribution in [3.63, 3.8) is 0 Å². The Morgan fingerprint density at radius 1 is 1.26 bits per heavy atom. The van der Waals surface area contributed by atoms with Crippen molar-refractivity contribution in [1.82, 2.24) is 0 Å². The Labute approximate surface area is 194 Å². The molecular formula is C24H34O5S2. The van der Waals surface area contributed by atoms with Crippen molar-refractivity contribution in [3.05, 3.63) is 48.0 Å². The molecule has 7 heteroatoms. The minimum absolute atomic E-state index is 0.0274. The van der Waals surface area contributed by atoms with Gasteiger partial charge in [-0.05, 0) is 43.3 Å². The topological polar surface area (TPSA) is 83.8 Å². The molecule has 0 bridgehead atoms. The second kappa shape index (κ2) is 14.0. The van der Waals surface area contributed by atoms with E-state index in [9.17, 15) is 19.8 Å². The third kappa shape index (κ3) is 9.39. The quantitative estimate of drug-likeness (QED) is 0.261. The lowest BCUT2D eigenvalue weighted by atomic mass is 9.95. The molecule has 5 nitrogen and oxygen atoms in total. The van der Waals surface area contributed by atoms with Gasteiger partial charge in [0.05, 0.1) is 23.2 Å². The second-order valence-electron chi connectivity index (χ2n) is 8.07. The van der Waals surface area contributed by atoms with Crippen molar-refractivity contribution in [2.45, 2.75) is 50.6 Å². The van der Waals surface area contributed by atoms with E-state index < -0.39 is 6.10 Å². The number of esters is 1. The van der Waals surface area contributed by atoms with Gasteiger partial charge in [0.15, 0.2) is 0 Å². The molecule has 2 N–H and O–H groups in total. The molecule has 31 heavy (non-hydrogen) atoms. The number of ether oxygens (including phenoxy) is 1. The van der Waals surface area contributed by atoms with Crippen LogP contribution < -0.4 is 0 Å². The zero-order valence-corrected chi connectivity index (χ0v) is 19.9. The molecule has 0 amide bonds. The third-order valence-electron chi connectivity index (χ3n) is 5.07. The molecule has 1 unspecified atom stereocenters. The summed E-state index contributed by atoms with van der Waals surface area (Å²) in [6, 6.07) is 9.79. The molecule has 0 aliphatic heterocycles. The molecular weight excluding hydrogens is 432 g/mol. The number of carbonyl (C=O) groups excluding carboxylic acids is 2. The Morgan fingerprint density at radius 2 is 2.00 bits per heavy atom. The van der Waals surface area contributed by atoms with Gasteiger partial charge < -0.3 is 14.9 Å². The van der Waals surface area contributed by atoms with Crippen molar-refractivity contribution in [2.24, 2.45) is 11.8 Å². The smallest absolute Gasteiger partial charge is 0.316 e. The van der Waals surface area contributed by atoms with Crippen molar-refractivity contribution < 1.29 is 24.5 Å². The highest BCUT2D eigenvalue weighted by atomic mass is 32.2. The predicted octanol–water partition coefficient (Wildman–Crippen LogP) is 3.52. The summed E-state index contributed by atoms with van der Waals surface area (Å²) in [5, 5.41) is 19.9. The van der Waals surface area contributed by atoms with E-state index in [0.29, 0.717) is 18.6 Å². The zero-order chi connectivity index (χ0) is 22.6. The number of aliphatic hydroxyl groups excluding tert-OH is 2. The Bertz CT molecular complexity index is 707. The number of ketones is 1. The van der Waals surface area contributed by atoms with Crippen LogP contribution in [0.2, 0.25) is 0 Å². The highest BCUT2D eigenvalue weighted by molar-refractivity contribution is 8.01. The number of carbonyl (C=O) groups is 2. The Kier molecular flexibility index (Phi) is 11.7. The fourth-order valence-electron chi connectivity index (χ4n) is 3.62. The first-order chi connectivity index (χ1) is 14.9. The normalized spacial score (nSPS) is 22.4. The van der Waals surface area contributed by atoms with Gasteiger partial charge in [-0.3, -0.25) is 9.59 Å². The summed E-state index contributed by atoms with van der Waals surface area (Å²) in [7, 11) is 0. The van der Waals surface area contributed by atoms with Gasteiger partial charge in [0, 0.05) is 25.4 Å². The zero-order valence-electron chi connectivity index (χ0n) is 18.3. The van der Waals surface area contributed by atoms with E-state index in [1.54, 1.807) is 29.6 Å². The molecule has 0 aromatic heterocycles. The molecule has 1 aliphatic rings. The van der Waals surface area contributed by atoms with Crippen LogP contribution in [0.4, 0.5) is 0 Å². The minimum Gasteiger partial charge on any atom is -0.462 e. The van der Waals surface area contributed by atoms with E-state index in [-0.39, 0.29) is 41.5 Å². The van der Waals surface area contributed by atoms with Crippen LogP contribution in [-0.2, 0) is 20.7 Å². The number of hydrogen-bond donors (Lipinski definition) is 2. The Balaban J connectivity index is 1.79. The lowest BCUT2D eigenvalue weighted by molar-refractivity contribution is -0.144. The maximum atomic E-state index is 12.5. The summed E-state index contributed by atoms with van der Waals surface area (Å²) in [4.78, 5) is 24.1. The average molecular weight is 467 g/mol. The van der Waals surface area contributed by atoms with Gasteiger partial charge in [0.2, 0.25) is 0 Å². The molecule has 0 radical (unpaired) electrons. The number of benzene rings is 1. The van der Waals surface area contributed by atoms with E-state index in [1.807, 2.05) is 50.3 Å². The van der Waals surface area contributed by atoms with Gasteiger partial charge in [-0.15, -0.1) is 11.8 Å². The van der Waals surface area contributed by atoms with Gasteiger partial charge in [-0.1, -0.05) is 42.5 Å². The summed E-state index contributed by atoms with van der Waals surface area (Å²) in [6.45, 7) is 3.65. The Hall–Kier alpha value is -1.28. The fourth-order valence-corrected chi connectivity index (χ4v) is 5.92. The van der Waals surface area contributed by atoms with E-state index in [2.05, 4.69) is 0 Å². The van der Waals surface area contributed by atoms with Crippen LogP contribution in [0.3, 0.4) is 0 Å². The summed E-state index contributed by atoms with van der Waals surface area (Å²) < 4.78 is 5.11. The first kappa shape index (κ1) is 26.0. The highest BCUT2D eigenvalue weighted by Crippen LogP contribution is 2.38. The van der Waals surface area contributed by atoms with Crippen molar-refractivity contribution in [1.29, 1.82) is 0 Å². The number of rotatable bonds is 13. The van der Waals surface area contributed by atoms with Crippen molar-refractivity contribution >= 4 is 35.3 Å². The molecule has 1 aliphatic carbocycles. The van der Waals surface area contributed by atoms with Crippen LogP contribution in [0, 0.1) is 11.8 Å². The van der Waals surface area contributed by atoms with E-state index >= 15 is 0 Å². The highest BCUT2D eigenvalue weighted by Gasteiger charge is 2.40. The lowest BCUT2D eigenvalue weighted by Crippen LogP contribution is -2.21. The second-order valence-corrected chi connectivity index (χ2v) is 10.4. The average Bonchev–Trinajstić information content (AvgIpc) is 3.03. The summed E-state index contributed by atoms with van der Waals surface area (Å²) in [5.41, 5.74) is 1.06. The number of allylic oxidation sites excluding steroid dienone is 1. The molecule has 172 valence electrons. The lowest BCUT2D eigenvalue weighted by Gasteiger charge is -2.19. The summed E-state index contributed by atoms with van der Waals surface area (Å²) in [6.07, 6.45) is 4.78. The van der Waals surface area contributed by atoms with Crippen LogP contribution in [0.15, 0.2) is 42.5 Å². The molecule has 0 saturated heterocycles. The standard InChI is InChI=1S/C24H34O5S2/c1-17(2)29-23(28)16-30-11-6-12-31-24-21(19(15-25)14-22(24)27)10-9-20(26)13-18-7-4-3-5-8-18/h3-5,7-10,17,19-21,24-26H,6,11-16H2,1-2H3/b10-9+/t19-,20?,21-,24+/m0/s1. The number of Topliss-reactive ketones (excluding diaryl/α,β-unsaturated/α-hetero) is 1. The largest absolute Gasteiger partial charge is 0.462 e. The molecule has 2 rings (SSSR count). The molecule has 1 aromatic rings. The monoisotopic (exact) mass is 466 g/mol. The number of aliphatic hydroxyl groups is 2. The van der Waals surface area contributed by atoms with Crippen LogP contribution in [0.5, 0.6) is 0 Å². The Morgan fingerprint density at radius 3 is 2.68 bits per heavy atom. The number of thioether (sulfide) groups is 2. The van der Waals surface area contributed by atoms with Gasteiger partial charge in [0.25, 0.3) is 0 Å². The van der Waals surface area contributed by atoms with Crippen LogP contribution in [0.1, 0.15) is 32.3 Å².